The second kappa shape index (κ2) is 8.22. The fourth-order valence-electron chi connectivity index (χ4n) is 3.17. The van der Waals surface area contributed by atoms with Crippen molar-refractivity contribution in [2.45, 2.75) is 33.5 Å². The van der Waals surface area contributed by atoms with Crippen LogP contribution in [0.15, 0.2) is 24.4 Å². The number of carboxylic acids is 1. The number of nitrogens with zero attached hydrogens (tertiary/aromatic N) is 4. The van der Waals surface area contributed by atoms with Crippen LogP contribution in [-0.4, -0.2) is 50.3 Å². The van der Waals surface area contributed by atoms with E-state index in [1.807, 2.05) is 19.1 Å². The van der Waals surface area contributed by atoms with Gasteiger partial charge in [-0.05, 0) is 37.6 Å². The molecule has 0 unspecified atom stereocenters. The number of aromatic nitrogens is 4. The van der Waals surface area contributed by atoms with Crippen LogP contribution in [0.4, 0.5) is 0 Å². The molecule has 0 saturated heterocycles. The molecule has 9 heteroatoms. The van der Waals surface area contributed by atoms with Crippen molar-refractivity contribution in [2.75, 3.05) is 13.7 Å². The quantitative estimate of drug-likeness (QED) is 0.608. The number of ether oxygens (including phenoxy) is 1. The van der Waals surface area contributed by atoms with Crippen LogP contribution in [0.3, 0.4) is 0 Å². The predicted molar refractivity (Wildman–Crippen MR) is 102 cm³/mol. The standard InChI is InChI=1S/C19H23N5O4/c1-12-13(2)24(6-7-28-3)17-5-4-14(8-16(12)17)19(27)20-9-15-10-23(22-21-15)11-18(25)26/h4-5,8,10H,6-7,9,11H2,1-3H3,(H,20,27)(H,25,26). The Hall–Kier alpha value is -3.20. The molecule has 0 aliphatic rings. The van der Waals surface area contributed by atoms with Gasteiger partial charge in [-0.15, -0.1) is 5.10 Å². The van der Waals surface area contributed by atoms with Crippen molar-refractivity contribution in [3.8, 4) is 0 Å². The number of methoxy groups -OCH3 is 1. The van der Waals surface area contributed by atoms with Crippen molar-refractivity contribution >= 4 is 22.8 Å². The molecule has 0 spiro atoms. The SMILES string of the molecule is COCCn1c(C)c(C)c2cc(C(=O)NCc3cn(CC(=O)O)nn3)ccc21. The molecule has 2 heterocycles. The minimum atomic E-state index is -1.00. The summed E-state index contributed by atoms with van der Waals surface area (Å²) in [6.07, 6.45) is 1.50. The zero-order chi connectivity index (χ0) is 20.3. The Labute approximate surface area is 161 Å². The number of fused-ring (bicyclic) bond motifs is 1. The third kappa shape index (κ3) is 4.04. The van der Waals surface area contributed by atoms with Crippen LogP contribution >= 0.6 is 0 Å². The maximum atomic E-state index is 12.5. The second-order valence-electron chi connectivity index (χ2n) is 6.57. The lowest BCUT2D eigenvalue weighted by Crippen LogP contribution is -2.23. The molecule has 0 bridgehead atoms. The number of hydrogen-bond donors (Lipinski definition) is 2. The van der Waals surface area contributed by atoms with Gasteiger partial charge in [0.25, 0.3) is 5.91 Å². The van der Waals surface area contributed by atoms with Gasteiger partial charge in [-0.1, -0.05) is 5.21 Å². The molecule has 9 nitrogen and oxygen atoms in total. The first-order valence-corrected chi connectivity index (χ1v) is 8.88. The Bertz CT molecular complexity index is 1020. The van der Waals surface area contributed by atoms with Gasteiger partial charge in [0, 0.05) is 35.8 Å². The first kappa shape index (κ1) is 19.6. The van der Waals surface area contributed by atoms with E-state index in [0.717, 1.165) is 28.7 Å². The molecular formula is C19H23N5O4. The van der Waals surface area contributed by atoms with Gasteiger partial charge in [0.05, 0.1) is 19.3 Å². The number of carboxylic acid groups (broad SMARTS) is 1. The second-order valence-corrected chi connectivity index (χ2v) is 6.57. The third-order valence-corrected chi connectivity index (χ3v) is 4.73. The average molecular weight is 385 g/mol. The van der Waals surface area contributed by atoms with E-state index >= 15 is 0 Å². The summed E-state index contributed by atoms with van der Waals surface area (Å²) in [5.74, 6) is -1.23. The minimum Gasteiger partial charge on any atom is -0.480 e. The van der Waals surface area contributed by atoms with Crippen molar-refractivity contribution in [3.05, 3.63) is 46.9 Å². The van der Waals surface area contributed by atoms with Crippen molar-refractivity contribution < 1.29 is 19.4 Å². The fraction of sp³-hybridized carbons (Fsp3) is 0.368. The van der Waals surface area contributed by atoms with Gasteiger partial charge in [-0.2, -0.15) is 0 Å². The Morgan fingerprint density at radius 3 is 2.79 bits per heavy atom. The molecule has 0 radical (unpaired) electrons. The first-order chi connectivity index (χ1) is 13.4. The van der Waals surface area contributed by atoms with Crippen LogP contribution in [0.5, 0.6) is 0 Å². The van der Waals surface area contributed by atoms with E-state index in [2.05, 4.69) is 27.1 Å². The van der Waals surface area contributed by atoms with Crippen LogP contribution in [0, 0.1) is 13.8 Å². The topological polar surface area (TPSA) is 111 Å². The largest absolute Gasteiger partial charge is 0.480 e. The summed E-state index contributed by atoms with van der Waals surface area (Å²) >= 11 is 0. The van der Waals surface area contributed by atoms with Crippen molar-refractivity contribution in [2.24, 2.45) is 0 Å². The van der Waals surface area contributed by atoms with Crippen LogP contribution in [-0.2, 0) is 29.2 Å². The van der Waals surface area contributed by atoms with Crippen LogP contribution < -0.4 is 5.32 Å². The van der Waals surface area contributed by atoms with Gasteiger partial charge in [-0.25, -0.2) is 4.68 Å². The number of hydrogen-bond acceptors (Lipinski definition) is 5. The molecule has 3 rings (SSSR count). The maximum absolute atomic E-state index is 12.5. The monoisotopic (exact) mass is 385 g/mol. The highest BCUT2D eigenvalue weighted by molar-refractivity contribution is 5.99. The highest BCUT2D eigenvalue weighted by atomic mass is 16.5. The molecule has 2 N–H and O–H groups in total. The van der Waals surface area contributed by atoms with E-state index in [4.69, 9.17) is 9.84 Å². The summed E-state index contributed by atoms with van der Waals surface area (Å²) in [6, 6.07) is 5.63. The smallest absolute Gasteiger partial charge is 0.325 e. The summed E-state index contributed by atoms with van der Waals surface area (Å²) in [5, 5.41) is 20.2. The summed E-state index contributed by atoms with van der Waals surface area (Å²) in [4.78, 5) is 23.2. The third-order valence-electron chi connectivity index (χ3n) is 4.73. The number of benzene rings is 1. The van der Waals surface area contributed by atoms with E-state index in [9.17, 15) is 9.59 Å². The van der Waals surface area contributed by atoms with Gasteiger partial charge < -0.3 is 19.7 Å². The highest BCUT2D eigenvalue weighted by Crippen LogP contribution is 2.26. The van der Waals surface area contributed by atoms with Crippen molar-refractivity contribution in [1.29, 1.82) is 0 Å². The minimum absolute atomic E-state index is 0.170. The molecule has 0 aliphatic heterocycles. The summed E-state index contributed by atoms with van der Waals surface area (Å²) in [5.41, 5.74) is 4.41. The fourth-order valence-corrected chi connectivity index (χ4v) is 3.17. The summed E-state index contributed by atoms with van der Waals surface area (Å²) in [6.45, 7) is 5.38. The first-order valence-electron chi connectivity index (χ1n) is 8.88. The molecule has 0 aliphatic carbocycles. The number of carbonyl (C=O) groups excluding carboxylic acids is 1. The van der Waals surface area contributed by atoms with E-state index in [1.165, 1.54) is 10.9 Å². The number of carbonyl (C=O) groups is 2. The molecular weight excluding hydrogens is 362 g/mol. The van der Waals surface area contributed by atoms with E-state index in [1.54, 1.807) is 13.2 Å². The number of aliphatic carboxylic acids is 1. The Kier molecular flexibility index (Phi) is 5.74. The normalized spacial score (nSPS) is 11.1. The van der Waals surface area contributed by atoms with E-state index in [-0.39, 0.29) is 19.0 Å². The number of aryl methyl sites for hydroxylation is 1. The van der Waals surface area contributed by atoms with Crippen LogP contribution in [0.2, 0.25) is 0 Å². The molecule has 28 heavy (non-hydrogen) atoms. The molecule has 0 saturated carbocycles. The lowest BCUT2D eigenvalue weighted by Gasteiger charge is -2.08. The van der Waals surface area contributed by atoms with Gasteiger partial charge in [0.1, 0.15) is 12.2 Å². The number of rotatable bonds is 8. The Morgan fingerprint density at radius 1 is 1.29 bits per heavy atom. The predicted octanol–water partition coefficient (Wildman–Crippen LogP) is 1.51. The molecule has 3 aromatic rings. The molecule has 0 fully saturated rings. The number of nitrogens with one attached hydrogen (secondary N) is 1. The van der Waals surface area contributed by atoms with Gasteiger partial charge in [0.2, 0.25) is 0 Å². The average Bonchev–Trinajstić information content (AvgIpc) is 3.20. The molecule has 1 aromatic carbocycles. The van der Waals surface area contributed by atoms with Gasteiger partial charge in [-0.3, -0.25) is 9.59 Å². The molecule has 1 amide bonds. The maximum Gasteiger partial charge on any atom is 0.325 e. The zero-order valence-electron chi connectivity index (χ0n) is 16.1. The van der Waals surface area contributed by atoms with Gasteiger partial charge in [0.15, 0.2) is 0 Å². The van der Waals surface area contributed by atoms with Gasteiger partial charge >= 0.3 is 5.97 Å². The van der Waals surface area contributed by atoms with Crippen LogP contribution in [0.25, 0.3) is 10.9 Å². The lowest BCUT2D eigenvalue weighted by atomic mass is 10.1. The Balaban J connectivity index is 1.74. The van der Waals surface area contributed by atoms with E-state index in [0.29, 0.717) is 17.9 Å². The van der Waals surface area contributed by atoms with Crippen molar-refractivity contribution in [1.82, 2.24) is 24.9 Å². The zero-order valence-corrected chi connectivity index (χ0v) is 16.1. The molecule has 2 aromatic heterocycles. The van der Waals surface area contributed by atoms with Crippen LogP contribution in [0.1, 0.15) is 27.3 Å². The van der Waals surface area contributed by atoms with E-state index < -0.39 is 5.97 Å². The molecule has 148 valence electrons. The summed E-state index contributed by atoms with van der Waals surface area (Å²) in [7, 11) is 1.68. The molecule has 0 atom stereocenters. The lowest BCUT2D eigenvalue weighted by molar-refractivity contribution is -0.137. The summed E-state index contributed by atoms with van der Waals surface area (Å²) < 4.78 is 8.59. The van der Waals surface area contributed by atoms with Crippen molar-refractivity contribution in [3.63, 3.8) is 0 Å². The highest BCUT2D eigenvalue weighted by Gasteiger charge is 2.14. The number of amides is 1. The Morgan fingerprint density at radius 2 is 2.07 bits per heavy atom.